The monoisotopic (exact) mass is 584 g/mol. The fourth-order valence-corrected chi connectivity index (χ4v) is 4.73. The Morgan fingerprint density at radius 3 is 2.44 bits per heavy atom. The van der Waals surface area contributed by atoms with E-state index in [9.17, 15) is 19.2 Å². The van der Waals surface area contributed by atoms with Crippen LogP contribution in [0.15, 0.2) is 95.0 Å². The Balaban J connectivity index is 1.36. The molecule has 8 nitrogen and oxygen atoms in total. The molecule has 0 bridgehead atoms. The van der Waals surface area contributed by atoms with Crippen molar-refractivity contribution in [3.63, 3.8) is 0 Å². The molecule has 1 N–H and O–H groups in total. The molecule has 4 aromatic carbocycles. The van der Waals surface area contributed by atoms with E-state index in [2.05, 4.69) is 26.0 Å². The SMILES string of the molecule is COC(=O)c1ccc(N2C(=O)NC(=O)/C(=C\c3ccc(OCc4cccc5ccccc45)c(Br)c3)C2=O)cc1. The van der Waals surface area contributed by atoms with E-state index >= 15 is 0 Å². The molecule has 1 fully saturated rings. The molecule has 5 rings (SSSR count). The van der Waals surface area contributed by atoms with Crippen LogP contribution in [0, 0.1) is 0 Å². The molecule has 0 aliphatic carbocycles. The van der Waals surface area contributed by atoms with E-state index in [4.69, 9.17) is 4.74 Å². The molecule has 9 heteroatoms. The number of carbonyl (C=O) groups excluding carboxylic acids is 4. The fourth-order valence-electron chi connectivity index (χ4n) is 4.22. The third kappa shape index (κ3) is 5.30. The summed E-state index contributed by atoms with van der Waals surface area (Å²) in [4.78, 5) is 50.8. The Hall–Kier alpha value is -4.76. The molecule has 0 radical (unpaired) electrons. The lowest BCUT2D eigenvalue weighted by Gasteiger charge is -2.26. The van der Waals surface area contributed by atoms with E-state index < -0.39 is 23.8 Å². The van der Waals surface area contributed by atoms with Crippen molar-refractivity contribution < 1.29 is 28.7 Å². The van der Waals surface area contributed by atoms with Gasteiger partial charge in [-0.3, -0.25) is 14.9 Å². The number of anilines is 1. The molecule has 0 spiro atoms. The maximum Gasteiger partial charge on any atom is 0.337 e. The Bertz CT molecular complexity index is 1660. The molecule has 1 saturated heterocycles. The number of hydrogen-bond donors (Lipinski definition) is 1. The van der Waals surface area contributed by atoms with Crippen LogP contribution >= 0.6 is 15.9 Å². The van der Waals surface area contributed by atoms with Gasteiger partial charge < -0.3 is 9.47 Å². The molecule has 4 amide bonds. The number of nitrogens with one attached hydrogen (secondary N) is 1. The van der Waals surface area contributed by atoms with Crippen molar-refractivity contribution in [2.45, 2.75) is 6.61 Å². The third-order valence-corrected chi connectivity index (χ3v) is 6.80. The summed E-state index contributed by atoms with van der Waals surface area (Å²) in [7, 11) is 1.25. The summed E-state index contributed by atoms with van der Waals surface area (Å²) >= 11 is 3.51. The molecule has 39 heavy (non-hydrogen) atoms. The lowest BCUT2D eigenvalue weighted by Crippen LogP contribution is -2.54. The number of carbonyl (C=O) groups is 4. The van der Waals surface area contributed by atoms with Gasteiger partial charge in [-0.15, -0.1) is 0 Å². The van der Waals surface area contributed by atoms with Gasteiger partial charge in [0, 0.05) is 0 Å². The van der Waals surface area contributed by atoms with Crippen LogP contribution < -0.4 is 15.0 Å². The maximum atomic E-state index is 13.2. The summed E-state index contributed by atoms with van der Waals surface area (Å²) in [5.41, 5.74) is 1.82. The zero-order chi connectivity index (χ0) is 27.5. The number of nitrogens with zero attached hydrogens (tertiary/aromatic N) is 1. The summed E-state index contributed by atoms with van der Waals surface area (Å²) in [6.07, 6.45) is 1.40. The normalized spacial score (nSPS) is 14.5. The highest BCUT2D eigenvalue weighted by Crippen LogP contribution is 2.30. The first-order valence-corrected chi connectivity index (χ1v) is 12.6. The zero-order valence-corrected chi connectivity index (χ0v) is 22.2. The van der Waals surface area contributed by atoms with E-state index in [0.717, 1.165) is 21.2 Å². The van der Waals surface area contributed by atoms with Crippen molar-refractivity contribution in [1.29, 1.82) is 0 Å². The molecular formula is C30H21BrN2O6. The van der Waals surface area contributed by atoms with Crippen LogP contribution in [0.2, 0.25) is 0 Å². The molecule has 1 aliphatic heterocycles. The number of urea groups is 1. The van der Waals surface area contributed by atoms with Gasteiger partial charge in [-0.25, -0.2) is 14.5 Å². The van der Waals surface area contributed by atoms with Crippen molar-refractivity contribution in [3.05, 3.63) is 112 Å². The topological polar surface area (TPSA) is 102 Å². The van der Waals surface area contributed by atoms with Crippen molar-refractivity contribution in [2.75, 3.05) is 12.0 Å². The van der Waals surface area contributed by atoms with Gasteiger partial charge in [-0.05, 0) is 80.3 Å². The molecule has 194 valence electrons. The summed E-state index contributed by atoms with van der Waals surface area (Å²) in [6.45, 7) is 0.354. The second kappa shape index (κ2) is 10.9. The van der Waals surface area contributed by atoms with Crippen LogP contribution in [0.25, 0.3) is 16.8 Å². The van der Waals surface area contributed by atoms with Crippen LogP contribution in [-0.4, -0.2) is 30.9 Å². The molecule has 0 atom stereocenters. The van der Waals surface area contributed by atoms with Crippen LogP contribution in [0.4, 0.5) is 10.5 Å². The molecule has 0 aromatic heterocycles. The number of halogens is 1. The molecule has 1 aliphatic rings. The molecule has 1 heterocycles. The number of methoxy groups -OCH3 is 1. The first-order valence-electron chi connectivity index (χ1n) is 11.8. The molecule has 0 saturated carbocycles. The second-order valence-electron chi connectivity index (χ2n) is 8.61. The maximum absolute atomic E-state index is 13.2. The van der Waals surface area contributed by atoms with E-state index in [1.165, 1.54) is 37.5 Å². The summed E-state index contributed by atoms with van der Waals surface area (Å²) < 4.78 is 11.3. The lowest BCUT2D eigenvalue weighted by atomic mass is 10.1. The van der Waals surface area contributed by atoms with Gasteiger partial charge in [0.15, 0.2) is 0 Å². The predicted octanol–water partition coefficient (Wildman–Crippen LogP) is 5.63. The zero-order valence-electron chi connectivity index (χ0n) is 20.6. The fraction of sp³-hybridized carbons (Fsp3) is 0.0667. The molecule has 4 aromatic rings. The summed E-state index contributed by atoms with van der Waals surface area (Å²) in [5.74, 6) is -1.56. The number of rotatable bonds is 6. The lowest BCUT2D eigenvalue weighted by molar-refractivity contribution is -0.122. The van der Waals surface area contributed by atoms with Crippen LogP contribution in [0.1, 0.15) is 21.5 Å². The van der Waals surface area contributed by atoms with Crippen LogP contribution in [-0.2, 0) is 20.9 Å². The Kier molecular flexibility index (Phi) is 7.25. The Labute approximate surface area is 232 Å². The number of amides is 4. The molecule has 0 unspecified atom stereocenters. The van der Waals surface area contributed by atoms with Gasteiger partial charge in [0.1, 0.15) is 17.9 Å². The van der Waals surface area contributed by atoms with Crippen molar-refractivity contribution in [1.82, 2.24) is 5.32 Å². The van der Waals surface area contributed by atoms with Crippen molar-refractivity contribution in [3.8, 4) is 5.75 Å². The van der Waals surface area contributed by atoms with Crippen molar-refractivity contribution >= 4 is 62.3 Å². The number of ether oxygens (including phenoxy) is 2. The summed E-state index contributed by atoms with van der Waals surface area (Å²) in [5, 5.41) is 4.42. The van der Waals surface area contributed by atoms with E-state index in [1.807, 2.05) is 42.5 Å². The smallest absolute Gasteiger partial charge is 0.337 e. The number of hydrogen-bond acceptors (Lipinski definition) is 6. The number of esters is 1. The van der Waals surface area contributed by atoms with Gasteiger partial charge in [-0.2, -0.15) is 0 Å². The first-order chi connectivity index (χ1) is 18.9. The minimum Gasteiger partial charge on any atom is -0.488 e. The highest BCUT2D eigenvalue weighted by Gasteiger charge is 2.36. The van der Waals surface area contributed by atoms with Gasteiger partial charge >= 0.3 is 12.0 Å². The van der Waals surface area contributed by atoms with Crippen LogP contribution in [0.3, 0.4) is 0 Å². The van der Waals surface area contributed by atoms with Gasteiger partial charge in [-0.1, -0.05) is 48.5 Å². The van der Waals surface area contributed by atoms with Gasteiger partial charge in [0.25, 0.3) is 11.8 Å². The number of imide groups is 2. The quantitative estimate of drug-likeness (QED) is 0.179. The van der Waals surface area contributed by atoms with E-state index in [0.29, 0.717) is 22.4 Å². The summed E-state index contributed by atoms with van der Waals surface area (Å²) in [6, 6.07) is 24.1. The highest BCUT2D eigenvalue weighted by molar-refractivity contribution is 9.10. The van der Waals surface area contributed by atoms with E-state index in [1.54, 1.807) is 18.2 Å². The largest absolute Gasteiger partial charge is 0.488 e. The highest BCUT2D eigenvalue weighted by atomic mass is 79.9. The number of barbiturate groups is 1. The minimum absolute atomic E-state index is 0.196. The molecular weight excluding hydrogens is 564 g/mol. The number of benzene rings is 4. The minimum atomic E-state index is -0.883. The third-order valence-electron chi connectivity index (χ3n) is 6.18. The van der Waals surface area contributed by atoms with Gasteiger partial charge in [0.05, 0.1) is 22.8 Å². The first kappa shape index (κ1) is 25.9. The Morgan fingerprint density at radius 1 is 0.949 bits per heavy atom. The predicted molar refractivity (Wildman–Crippen MR) is 149 cm³/mol. The average Bonchev–Trinajstić information content (AvgIpc) is 2.94. The van der Waals surface area contributed by atoms with Crippen molar-refractivity contribution in [2.24, 2.45) is 0 Å². The van der Waals surface area contributed by atoms with E-state index in [-0.39, 0.29) is 16.8 Å². The second-order valence-corrected chi connectivity index (χ2v) is 9.47. The average molecular weight is 585 g/mol. The number of fused-ring (bicyclic) bond motifs is 1. The van der Waals surface area contributed by atoms with Gasteiger partial charge in [0.2, 0.25) is 0 Å². The standard InChI is InChI=1S/C30H21BrN2O6/c1-38-29(36)20-10-12-22(13-11-20)33-28(35)24(27(34)32-30(33)37)15-18-9-14-26(25(31)16-18)39-17-21-7-4-6-19-5-2-3-8-23(19)21/h2-16H,17H2,1H3,(H,32,34,37)/b24-15+. The Morgan fingerprint density at radius 2 is 1.69 bits per heavy atom. The van der Waals surface area contributed by atoms with Crippen LogP contribution in [0.5, 0.6) is 5.75 Å².